The lowest BCUT2D eigenvalue weighted by Crippen LogP contribution is -2.49. The van der Waals surface area contributed by atoms with Crippen LogP contribution in [0.2, 0.25) is 0 Å². The normalized spacial score (nSPS) is 20.6. The minimum atomic E-state index is -0.440. The highest BCUT2D eigenvalue weighted by atomic mass is 16.5. The van der Waals surface area contributed by atoms with Gasteiger partial charge in [-0.05, 0) is 93.8 Å². The van der Waals surface area contributed by atoms with Crippen molar-refractivity contribution in [3.8, 4) is 17.2 Å². The van der Waals surface area contributed by atoms with E-state index in [1.54, 1.807) is 31.4 Å². The molecule has 5 rings (SSSR count). The maximum Gasteiger partial charge on any atom is 0.248 e. The first-order valence-corrected chi connectivity index (χ1v) is 16.0. The Morgan fingerprint density at radius 3 is 2.21 bits per heavy atom. The maximum atomic E-state index is 13.6. The van der Waals surface area contributed by atoms with Gasteiger partial charge in [0.25, 0.3) is 0 Å². The number of methoxy groups -OCH3 is 1. The van der Waals surface area contributed by atoms with Gasteiger partial charge in [0.05, 0.1) is 38.0 Å². The van der Waals surface area contributed by atoms with Crippen LogP contribution in [0.5, 0.6) is 17.2 Å². The quantitative estimate of drug-likeness (QED) is 0.160. The van der Waals surface area contributed by atoms with Gasteiger partial charge in [0.1, 0.15) is 5.75 Å². The van der Waals surface area contributed by atoms with Crippen molar-refractivity contribution in [2.24, 2.45) is 22.7 Å². The number of carbonyl (C=O) groups excluding carboxylic acids is 2. The molecule has 0 aromatic heterocycles. The minimum Gasteiger partial charge on any atom is -0.494 e. The number of hydrogen-bond acceptors (Lipinski definition) is 6. The standard InChI is InChI=1S/C35H45N3O5/c1-41-31-21-18-26(24-32(31)43-23-11-5-4-10-22-42-28-19-16-25(17-20-28)34(36)39)33-29-14-8-9-15-30(29)35(40)38(37-33)27-12-6-2-3-7-13-27/h8-9,16-21,24,27,29-30H,2-7,10-15,22-23H2,1H3,(H2,36,39). The highest BCUT2D eigenvalue weighted by Crippen LogP contribution is 2.39. The van der Waals surface area contributed by atoms with Crippen molar-refractivity contribution in [1.29, 1.82) is 0 Å². The maximum absolute atomic E-state index is 13.6. The van der Waals surface area contributed by atoms with E-state index in [0.717, 1.165) is 81.2 Å². The number of nitrogens with two attached hydrogens (primary N) is 1. The van der Waals surface area contributed by atoms with Crippen LogP contribution in [0.3, 0.4) is 0 Å². The van der Waals surface area contributed by atoms with E-state index in [9.17, 15) is 9.59 Å². The molecule has 1 heterocycles. The van der Waals surface area contributed by atoms with Gasteiger partial charge in [-0.1, -0.05) is 37.8 Å². The number of hydrogen-bond donors (Lipinski definition) is 1. The van der Waals surface area contributed by atoms with Crippen LogP contribution in [0.1, 0.15) is 93.0 Å². The molecule has 230 valence electrons. The highest BCUT2D eigenvalue weighted by Gasteiger charge is 2.42. The van der Waals surface area contributed by atoms with E-state index in [2.05, 4.69) is 18.2 Å². The smallest absolute Gasteiger partial charge is 0.248 e. The Labute approximate surface area is 255 Å². The van der Waals surface area contributed by atoms with Crippen LogP contribution in [-0.2, 0) is 4.79 Å². The number of rotatable bonds is 13. The first-order valence-electron chi connectivity index (χ1n) is 16.0. The second-order valence-corrected chi connectivity index (χ2v) is 11.8. The molecule has 2 N–H and O–H groups in total. The van der Waals surface area contributed by atoms with Crippen LogP contribution in [0.4, 0.5) is 0 Å². The van der Waals surface area contributed by atoms with Crippen molar-refractivity contribution in [1.82, 2.24) is 5.01 Å². The Bertz CT molecular complexity index is 1300. The van der Waals surface area contributed by atoms with E-state index in [1.165, 1.54) is 12.8 Å². The molecule has 3 aliphatic rings. The molecule has 2 atom stereocenters. The fraction of sp³-hybridized carbons (Fsp3) is 0.514. The zero-order valence-electron chi connectivity index (χ0n) is 25.3. The van der Waals surface area contributed by atoms with Crippen LogP contribution >= 0.6 is 0 Å². The van der Waals surface area contributed by atoms with E-state index in [1.807, 2.05) is 17.1 Å². The second kappa shape index (κ2) is 15.1. The van der Waals surface area contributed by atoms with Crippen molar-refractivity contribution in [3.63, 3.8) is 0 Å². The summed E-state index contributed by atoms with van der Waals surface area (Å²) in [5.74, 6) is 1.94. The summed E-state index contributed by atoms with van der Waals surface area (Å²) in [5, 5.41) is 6.94. The van der Waals surface area contributed by atoms with Crippen molar-refractivity contribution in [2.45, 2.75) is 83.1 Å². The zero-order chi connectivity index (χ0) is 30.0. The molecule has 0 radical (unpaired) electrons. The molecule has 2 aliphatic carbocycles. The lowest BCUT2D eigenvalue weighted by molar-refractivity contribution is -0.140. The number of fused-ring (bicyclic) bond motifs is 1. The zero-order valence-corrected chi connectivity index (χ0v) is 25.3. The average Bonchev–Trinajstić information content (AvgIpc) is 3.32. The Morgan fingerprint density at radius 2 is 1.53 bits per heavy atom. The van der Waals surface area contributed by atoms with Crippen molar-refractivity contribution >= 4 is 17.5 Å². The summed E-state index contributed by atoms with van der Waals surface area (Å²) in [7, 11) is 1.66. The van der Waals surface area contributed by atoms with Crippen LogP contribution in [0.15, 0.2) is 59.7 Å². The number of nitrogens with zero attached hydrogens (tertiary/aromatic N) is 2. The summed E-state index contributed by atoms with van der Waals surface area (Å²) in [5.41, 5.74) is 7.76. The van der Waals surface area contributed by atoms with E-state index in [-0.39, 0.29) is 23.8 Å². The van der Waals surface area contributed by atoms with Gasteiger partial charge in [-0.3, -0.25) is 9.59 Å². The lowest BCUT2D eigenvalue weighted by Gasteiger charge is -2.40. The SMILES string of the molecule is COc1ccc(C2=NN(C3CCCCCC3)C(=O)C3CC=CCC23)cc1OCCCCCCOc1ccc(C(N)=O)cc1. The van der Waals surface area contributed by atoms with Crippen molar-refractivity contribution < 1.29 is 23.8 Å². The third-order valence-electron chi connectivity index (χ3n) is 8.88. The van der Waals surface area contributed by atoms with Gasteiger partial charge in [0.2, 0.25) is 11.8 Å². The largest absolute Gasteiger partial charge is 0.494 e. The summed E-state index contributed by atoms with van der Waals surface area (Å²) in [6.07, 6.45) is 16.7. The third kappa shape index (κ3) is 7.78. The molecule has 1 saturated carbocycles. The first kappa shape index (κ1) is 30.6. The topological polar surface area (TPSA) is 103 Å². The molecule has 1 aliphatic heterocycles. The lowest BCUT2D eigenvalue weighted by atomic mass is 9.76. The van der Waals surface area contributed by atoms with Crippen molar-refractivity contribution in [2.75, 3.05) is 20.3 Å². The van der Waals surface area contributed by atoms with E-state index in [4.69, 9.17) is 25.0 Å². The molecule has 8 heteroatoms. The number of primary amides is 1. The summed E-state index contributed by atoms with van der Waals surface area (Å²) in [6, 6.07) is 13.2. The number of amides is 2. The monoisotopic (exact) mass is 587 g/mol. The van der Waals surface area contributed by atoms with E-state index >= 15 is 0 Å². The van der Waals surface area contributed by atoms with Gasteiger partial charge < -0.3 is 19.9 Å². The number of benzene rings is 2. The van der Waals surface area contributed by atoms with Crippen LogP contribution in [-0.4, -0.2) is 48.9 Å². The molecule has 2 unspecified atom stereocenters. The number of unbranched alkanes of at least 4 members (excludes halogenated alkanes) is 3. The Kier molecular flexibility index (Phi) is 10.7. The molecule has 43 heavy (non-hydrogen) atoms. The second-order valence-electron chi connectivity index (χ2n) is 11.8. The minimum absolute atomic E-state index is 0.0503. The number of allylic oxidation sites excluding steroid dienone is 2. The van der Waals surface area contributed by atoms with Gasteiger partial charge in [-0.2, -0.15) is 5.10 Å². The molecular formula is C35H45N3O5. The van der Waals surface area contributed by atoms with Crippen LogP contribution < -0.4 is 19.9 Å². The average molecular weight is 588 g/mol. The first-order chi connectivity index (χ1) is 21.0. The Morgan fingerprint density at radius 1 is 0.860 bits per heavy atom. The van der Waals surface area contributed by atoms with Crippen LogP contribution in [0, 0.1) is 11.8 Å². The van der Waals surface area contributed by atoms with Gasteiger partial charge in [0, 0.05) is 17.0 Å². The summed E-state index contributed by atoms with van der Waals surface area (Å²) < 4.78 is 17.6. The molecule has 2 aromatic carbocycles. The number of hydrazone groups is 1. The van der Waals surface area contributed by atoms with Gasteiger partial charge in [-0.15, -0.1) is 0 Å². The number of carbonyl (C=O) groups is 2. The number of ether oxygens (including phenoxy) is 3. The Balaban J connectivity index is 1.17. The van der Waals surface area contributed by atoms with Crippen molar-refractivity contribution in [3.05, 3.63) is 65.7 Å². The summed E-state index contributed by atoms with van der Waals surface area (Å²) in [4.78, 5) is 24.8. The fourth-order valence-corrected chi connectivity index (χ4v) is 6.43. The molecular weight excluding hydrogens is 542 g/mol. The predicted octanol–water partition coefficient (Wildman–Crippen LogP) is 6.66. The third-order valence-corrected chi connectivity index (χ3v) is 8.88. The molecule has 2 aromatic rings. The summed E-state index contributed by atoms with van der Waals surface area (Å²) in [6.45, 7) is 1.20. The van der Waals surface area contributed by atoms with Crippen LogP contribution in [0.25, 0.3) is 0 Å². The van der Waals surface area contributed by atoms with Gasteiger partial charge >= 0.3 is 0 Å². The van der Waals surface area contributed by atoms with Gasteiger partial charge in [0.15, 0.2) is 11.5 Å². The van der Waals surface area contributed by atoms with E-state index in [0.29, 0.717) is 30.3 Å². The molecule has 2 amide bonds. The highest BCUT2D eigenvalue weighted by molar-refractivity contribution is 6.07. The molecule has 0 bridgehead atoms. The van der Waals surface area contributed by atoms with Gasteiger partial charge in [-0.25, -0.2) is 5.01 Å². The molecule has 8 nitrogen and oxygen atoms in total. The fourth-order valence-electron chi connectivity index (χ4n) is 6.43. The Hall–Kier alpha value is -3.81. The van der Waals surface area contributed by atoms with E-state index < -0.39 is 5.91 Å². The molecule has 0 spiro atoms. The molecule has 1 fully saturated rings. The summed E-state index contributed by atoms with van der Waals surface area (Å²) >= 11 is 0. The predicted molar refractivity (Wildman–Crippen MR) is 168 cm³/mol. The molecule has 0 saturated heterocycles.